The standard InChI is InChI=1S/C16H14N2O4/c1-16(2)21-14(19)13(15(20)22-16)7-10-5-3-4-6-12(10)11-8-17-18-9-11/h3-9H,1-2H3,(H,17,18). The lowest BCUT2D eigenvalue weighted by Gasteiger charge is -2.29. The average Bonchev–Trinajstić information content (AvgIpc) is 2.96. The summed E-state index contributed by atoms with van der Waals surface area (Å²) in [4.78, 5) is 24.0. The van der Waals surface area contributed by atoms with Crippen molar-refractivity contribution in [3.05, 3.63) is 47.8 Å². The summed E-state index contributed by atoms with van der Waals surface area (Å²) in [5.41, 5.74) is 2.27. The van der Waals surface area contributed by atoms with Crippen molar-refractivity contribution in [3.8, 4) is 11.1 Å². The summed E-state index contributed by atoms with van der Waals surface area (Å²) in [5, 5.41) is 6.64. The van der Waals surface area contributed by atoms with Gasteiger partial charge in [-0.25, -0.2) is 9.59 Å². The number of ether oxygens (including phenoxy) is 2. The Kier molecular flexibility index (Phi) is 3.29. The van der Waals surface area contributed by atoms with Gasteiger partial charge in [0.05, 0.1) is 6.20 Å². The highest BCUT2D eigenvalue weighted by molar-refractivity contribution is 6.19. The van der Waals surface area contributed by atoms with E-state index in [1.807, 2.05) is 18.2 Å². The first kappa shape index (κ1) is 14.1. The van der Waals surface area contributed by atoms with E-state index in [9.17, 15) is 9.59 Å². The summed E-state index contributed by atoms with van der Waals surface area (Å²) in [6, 6.07) is 7.36. The van der Waals surface area contributed by atoms with E-state index >= 15 is 0 Å². The zero-order chi connectivity index (χ0) is 15.7. The molecule has 1 N–H and O–H groups in total. The topological polar surface area (TPSA) is 81.3 Å². The molecular formula is C16H14N2O4. The minimum atomic E-state index is -1.24. The molecule has 6 nitrogen and oxygen atoms in total. The molecule has 1 aliphatic rings. The molecule has 1 saturated heterocycles. The van der Waals surface area contributed by atoms with Gasteiger partial charge in [-0.1, -0.05) is 24.3 Å². The van der Waals surface area contributed by atoms with Crippen molar-refractivity contribution in [2.45, 2.75) is 19.6 Å². The molecule has 1 fully saturated rings. The number of rotatable bonds is 2. The van der Waals surface area contributed by atoms with Crippen molar-refractivity contribution in [1.82, 2.24) is 10.2 Å². The van der Waals surface area contributed by atoms with Crippen LogP contribution in [0.2, 0.25) is 0 Å². The number of aromatic amines is 1. The highest BCUT2D eigenvalue weighted by Crippen LogP contribution is 2.28. The molecule has 6 heteroatoms. The number of cyclic esters (lactones) is 2. The Morgan fingerprint density at radius 1 is 1.14 bits per heavy atom. The third-order valence-electron chi connectivity index (χ3n) is 3.19. The van der Waals surface area contributed by atoms with E-state index in [1.54, 1.807) is 18.5 Å². The third-order valence-corrected chi connectivity index (χ3v) is 3.19. The van der Waals surface area contributed by atoms with Crippen molar-refractivity contribution in [1.29, 1.82) is 0 Å². The maximum Gasteiger partial charge on any atom is 0.348 e. The van der Waals surface area contributed by atoms with Crippen molar-refractivity contribution < 1.29 is 19.1 Å². The van der Waals surface area contributed by atoms with Crippen molar-refractivity contribution in [2.24, 2.45) is 0 Å². The van der Waals surface area contributed by atoms with Gasteiger partial charge in [0.15, 0.2) is 0 Å². The van der Waals surface area contributed by atoms with Gasteiger partial charge in [-0.05, 0) is 17.2 Å². The second-order valence-electron chi connectivity index (χ2n) is 5.31. The molecule has 1 aromatic heterocycles. The maximum atomic E-state index is 12.0. The van der Waals surface area contributed by atoms with Gasteiger partial charge in [0, 0.05) is 25.6 Å². The van der Waals surface area contributed by atoms with Crippen molar-refractivity contribution in [2.75, 3.05) is 0 Å². The normalized spacial score (nSPS) is 16.9. The third kappa shape index (κ3) is 2.63. The zero-order valence-corrected chi connectivity index (χ0v) is 12.1. The fraction of sp³-hybridized carbons (Fsp3) is 0.188. The van der Waals surface area contributed by atoms with E-state index in [0.29, 0.717) is 5.56 Å². The van der Waals surface area contributed by atoms with Crippen molar-refractivity contribution >= 4 is 18.0 Å². The van der Waals surface area contributed by atoms with Crippen LogP contribution in [0, 0.1) is 0 Å². The monoisotopic (exact) mass is 298 g/mol. The molecule has 0 amide bonds. The Bertz CT molecular complexity index is 738. The summed E-state index contributed by atoms with van der Waals surface area (Å²) in [6.45, 7) is 3.03. The lowest BCUT2D eigenvalue weighted by molar-refractivity contribution is -0.222. The molecule has 0 radical (unpaired) electrons. The first-order valence-electron chi connectivity index (χ1n) is 6.73. The summed E-state index contributed by atoms with van der Waals surface area (Å²) in [5.74, 6) is -2.62. The van der Waals surface area contributed by atoms with E-state index in [1.165, 1.54) is 19.9 Å². The molecule has 2 heterocycles. The number of nitrogens with one attached hydrogen (secondary N) is 1. The Balaban J connectivity index is 2.03. The first-order chi connectivity index (χ1) is 10.5. The molecule has 22 heavy (non-hydrogen) atoms. The second kappa shape index (κ2) is 5.14. The smallest absolute Gasteiger partial charge is 0.348 e. The fourth-order valence-corrected chi connectivity index (χ4v) is 2.22. The maximum absolute atomic E-state index is 12.0. The fourth-order valence-electron chi connectivity index (χ4n) is 2.22. The number of hydrogen-bond donors (Lipinski definition) is 1. The van der Waals surface area contributed by atoms with Crippen LogP contribution in [-0.4, -0.2) is 27.9 Å². The number of nitrogens with zero attached hydrogens (tertiary/aromatic N) is 1. The number of H-pyrrole nitrogens is 1. The predicted molar refractivity (Wildman–Crippen MR) is 78.3 cm³/mol. The Hall–Kier alpha value is -2.89. The highest BCUT2D eigenvalue weighted by atomic mass is 16.7. The van der Waals surface area contributed by atoms with E-state index in [4.69, 9.17) is 9.47 Å². The minimum Gasteiger partial charge on any atom is -0.419 e. The van der Waals surface area contributed by atoms with Crippen LogP contribution in [0.25, 0.3) is 17.2 Å². The van der Waals surface area contributed by atoms with Gasteiger partial charge in [0.1, 0.15) is 5.57 Å². The number of aromatic nitrogens is 2. The lowest BCUT2D eigenvalue weighted by atomic mass is 10.00. The van der Waals surface area contributed by atoms with Gasteiger partial charge in [0.2, 0.25) is 0 Å². The Morgan fingerprint density at radius 3 is 2.45 bits per heavy atom. The number of carbonyl (C=O) groups is 2. The van der Waals surface area contributed by atoms with Crippen LogP contribution < -0.4 is 0 Å². The van der Waals surface area contributed by atoms with Crippen LogP contribution in [-0.2, 0) is 19.1 Å². The molecule has 0 unspecified atom stereocenters. The Labute approximate surface area is 126 Å². The largest absolute Gasteiger partial charge is 0.419 e. The quantitative estimate of drug-likeness (QED) is 0.522. The predicted octanol–water partition coefficient (Wildman–Crippen LogP) is 2.30. The van der Waals surface area contributed by atoms with Gasteiger partial charge in [0.25, 0.3) is 5.79 Å². The molecule has 0 bridgehead atoms. The van der Waals surface area contributed by atoms with Gasteiger partial charge in [-0.15, -0.1) is 0 Å². The van der Waals surface area contributed by atoms with Gasteiger partial charge < -0.3 is 9.47 Å². The second-order valence-corrected chi connectivity index (χ2v) is 5.31. The van der Waals surface area contributed by atoms with Gasteiger partial charge in [-0.2, -0.15) is 5.10 Å². The number of benzene rings is 1. The number of esters is 2. The van der Waals surface area contributed by atoms with Crippen LogP contribution >= 0.6 is 0 Å². The minimum absolute atomic E-state index is 0.129. The molecule has 1 aromatic carbocycles. The van der Waals surface area contributed by atoms with Crippen LogP contribution in [0.5, 0.6) is 0 Å². The van der Waals surface area contributed by atoms with Crippen LogP contribution in [0.4, 0.5) is 0 Å². The summed E-state index contributed by atoms with van der Waals surface area (Å²) in [6.07, 6.45) is 4.87. The average molecular weight is 298 g/mol. The summed E-state index contributed by atoms with van der Waals surface area (Å²) >= 11 is 0. The zero-order valence-electron chi connectivity index (χ0n) is 12.1. The molecule has 0 spiro atoms. The van der Waals surface area contributed by atoms with Crippen LogP contribution in [0.3, 0.4) is 0 Å². The molecule has 0 atom stereocenters. The number of carbonyl (C=O) groups excluding carboxylic acids is 2. The summed E-state index contributed by atoms with van der Waals surface area (Å²) < 4.78 is 10.2. The molecule has 0 aliphatic carbocycles. The van der Waals surface area contributed by atoms with Crippen LogP contribution in [0.1, 0.15) is 19.4 Å². The lowest BCUT2D eigenvalue weighted by Crippen LogP contribution is -2.41. The van der Waals surface area contributed by atoms with Crippen LogP contribution in [0.15, 0.2) is 42.2 Å². The SMILES string of the molecule is CC1(C)OC(=O)C(=Cc2ccccc2-c2cn[nH]c2)C(=O)O1. The van der Waals surface area contributed by atoms with Gasteiger partial charge in [-0.3, -0.25) is 5.10 Å². The molecule has 0 saturated carbocycles. The van der Waals surface area contributed by atoms with Gasteiger partial charge >= 0.3 is 11.9 Å². The Morgan fingerprint density at radius 2 is 1.82 bits per heavy atom. The molecule has 3 rings (SSSR count). The molecule has 1 aliphatic heterocycles. The molecule has 112 valence electrons. The highest BCUT2D eigenvalue weighted by Gasteiger charge is 2.38. The summed E-state index contributed by atoms with van der Waals surface area (Å²) in [7, 11) is 0. The van der Waals surface area contributed by atoms with E-state index in [2.05, 4.69) is 10.2 Å². The molecular weight excluding hydrogens is 284 g/mol. The molecule has 2 aromatic rings. The van der Waals surface area contributed by atoms with E-state index in [0.717, 1.165) is 11.1 Å². The number of hydrogen-bond acceptors (Lipinski definition) is 5. The first-order valence-corrected chi connectivity index (χ1v) is 6.73. The van der Waals surface area contributed by atoms with Crippen molar-refractivity contribution in [3.63, 3.8) is 0 Å². The van der Waals surface area contributed by atoms with E-state index in [-0.39, 0.29) is 5.57 Å². The van der Waals surface area contributed by atoms with E-state index < -0.39 is 17.7 Å².